The lowest BCUT2D eigenvalue weighted by Crippen LogP contribution is -2.38. The Morgan fingerprint density at radius 3 is 2.41 bits per heavy atom. The molecule has 0 radical (unpaired) electrons. The molecule has 1 saturated carbocycles. The summed E-state index contributed by atoms with van der Waals surface area (Å²) < 4.78 is 28.3. The number of ether oxygens (including phenoxy) is 1. The highest BCUT2D eigenvalue weighted by Crippen LogP contribution is 2.31. The van der Waals surface area contributed by atoms with E-state index in [1.54, 1.807) is 7.11 Å². The summed E-state index contributed by atoms with van der Waals surface area (Å²) in [5.74, 6) is -1.74. The number of benzene rings is 1. The third-order valence-electron chi connectivity index (χ3n) is 3.65. The van der Waals surface area contributed by atoms with Crippen molar-refractivity contribution < 1.29 is 27.9 Å². The lowest BCUT2D eigenvalue weighted by molar-refractivity contribution is -0.127. The van der Waals surface area contributed by atoms with Crippen LogP contribution in [0, 0.1) is 5.92 Å². The summed E-state index contributed by atoms with van der Waals surface area (Å²) in [6.45, 7) is 0. The fourth-order valence-electron chi connectivity index (χ4n) is 2.23. The maximum Gasteiger partial charge on any atom is 0.335 e. The van der Waals surface area contributed by atoms with E-state index in [0.29, 0.717) is 12.8 Å². The molecule has 0 unspecified atom stereocenters. The SMILES string of the molecule is COC1CC(C(=O)Nc2cc(C(=O)O)cc(S(C)(=O)=O)c2)C1. The summed E-state index contributed by atoms with van der Waals surface area (Å²) >= 11 is 0. The number of methoxy groups -OCH3 is 1. The topological polar surface area (TPSA) is 110 Å². The maximum atomic E-state index is 12.0. The van der Waals surface area contributed by atoms with Gasteiger partial charge in [-0.1, -0.05) is 0 Å². The quantitative estimate of drug-likeness (QED) is 0.839. The average Bonchev–Trinajstić information content (AvgIpc) is 2.35. The monoisotopic (exact) mass is 327 g/mol. The zero-order chi connectivity index (χ0) is 16.5. The number of anilines is 1. The number of nitrogens with one attached hydrogen (secondary N) is 1. The third-order valence-corrected chi connectivity index (χ3v) is 4.74. The molecule has 0 saturated heterocycles. The van der Waals surface area contributed by atoms with Gasteiger partial charge in [-0.3, -0.25) is 4.79 Å². The lowest BCUT2D eigenvalue weighted by atomic mass is 9.81. The zero-order valence-corrected chi connectivity index (χ0v) is 13.0. The molecule has 0 aliphatic heterocycles. The van der Waals surface area contributed by atoms with Crippen molar-refractivity contribution in [3.05, 3.63) is 23.8 Å². The van der Waals surface area contributed by atoms with E-state index in [2.05, 4.69) is 5.32 Å². The van der Waals surface area contributed by atoms with E-state index in [1.165, 1.54) is 12.1 Å². The van der Waals surface area contributed by atoms with Crippen molar-refractivity contribution in [1.29, 1.82) is 0 Å². The zero-order valence-electron chi connectivity index (χ0n) is 12.2. The Morgan fingerprint density at radius 1 is 1.27 bits per heavy atom. The number of carbonyl (C=O) groups excluding carboxylic acids is 1. The Bertz CT molecular complexity index is 706. The standard InChI is InChI=1S/C14H17NO6S/c1-21-11-4-8(5-11)13(16)15-10-3-9(14(17)18)6-12(7-10)22(2,19)20/h3,6-8,11H,4-5H2,1-2H3,(H,15,16)(H,17,18). The Labute approximate surface area is 128 Å². The second-order valence-electron chi connectivity index (χ2n) is 5.34. The van der Waals surface area contributed by atoms with Gasteiger partial charge >= 0.3 is 5.97 Å². The van der Waals surface area contributed by atoms with Crippen LogP contribution in [0.4, 0.5) is 5.69 Å². The van der Waals surface area contributed by atoms with Gasteiger partial charge in [0.25, 0.3) is 0 Å². The highest BCUT2D eigenvalue weighted by atomic mass is 32.2. The van der Waals surface area contributed by atoms with Gasteiger partial charge in [0.15, 0.2) is 9.84 Å². The van der Waals surface area contributed by atoms with E-state index >= 15 is 0 Å². The van der Waals surface area contributed by atoms with E-state index in [-0.39, 0.29) is 34.1 Å². The first-order chi connectivity index (χ1) is 10.2. The second kappa shape index (κ2) is 6.05. The molecule has 1 aliphatic rings. The largest absolute Gasteiger partial charge is 0.478 e. The van der Waals surface area contributed by atoms with Crippen LogP contribution in [0.1, 0.15) is 23.2 Å². The van der Waals surface area contributed by atoms with Gasteiger partial charge in [0.2, 0.25) is 5.91 Å². The first-order valence-electron chi connectivity index (χ1n) is 6.63. The fraction of sp³-hybridized carbons (Fsp3) is 0.429. The van der Waals surface area contributed by atoms with Gasteiger partial charge in [-0.2, -0.15) is 0 Å². The van der Waals surface area contributed by atoms with Crippen LogP contribution in [0.15, 0.2) is 23.1 Å². The number of carboxylic acids is 1. The predicted octanol–water partition coefficient (Wildman–Crippen LogP) is 1.15. The van der Waals surface area contributed by atoms with Gasteiger partial charge in [0, 0.05) is 25.0 Å². The summed E-state index contributed by atoms with van der Waals surface area (Å²) in [6.07, 6.45) is 2.24. The molecule has 2 rings (SSSR count). The summed E-state index contributed by atoms with van der Waals surface area (Å²) in [7, 11) is -2.00. The molecule has 7 nitrogen and oxygen atoms in total. The Morgan fingerprint density at radius 2 is 1.91 bits per heavy atom. The summed E-state index contributed by atoms with van der Waals surface area (Å²) in [5, 5.41) is 11.6. The summed E-state index contributed by atoms with van der Waals surface area (Å²) in [4.78, 5) is 23.0. The summed E-state index contributed by atoms with van der Waals surface area (Å²) in [6, 6.07) is 3.56. The molecule has 0 bridgehead atoms. The Kier molecular flexibility index (Phi) is 4.52. The Balaban J connectivity index is 2.22. The van der Waals surface area contributed by atoms with Crippen LogP contribution in [-0.2, 0) is 19.4 Å². The molecule has 1 amide bonds. The molecule has 8 heteroatoms. The van der Waals surface area contributed by atoms with Gasteiger partial charge in [-0.15, -0.1) is 0 Å². The highest BCUT2D eigenvalue weighted by molar-refractivity contribution is 7.90. The minimum atomic E-state index is -3.58. The second-order valence-corrected chi connectivity index (χ2v) is 7.35. The minimum Gasteiger partial charge on any atom is -0.478 e. The number of carbonyl (C=O) groups is 2. The molecule has 22 heavy (non-hydrogen) atoms. The van der Waals surface area contributed by atoms with Crippen molar-refractivity contribution >= 4 is 27.4 Å². The van der Waals surface area contributed by atoms with Gasteiger partial charge in [0.1, 0.15) is 0 Å². The number of rotatable bonds is 5. The highest BCUT2D eigenvalue weighted by Gasteiger charge is 2.34. The van der Waals surface area contributed by atoms with Gasteiger partial charge in [-0.05, 0) is 31.0 Å². The first kappa shape index (κ1) is 16.4. The Hall–Kier alpha value is -1.93. The molecule has 0 atom stereocenters. The molecule has 1 aliphatic carbocycles. The molecule has 1 aromatic carbocycles. The number of amides is 1. The first-order valence-corrected chi connectivity index (χ1v) is 8.52. The van der Waals surface area contributed by atoms with Crippen molar-refractivity contribution in [1.82, 2.24) is 0 Å². The number of hydrogen-bond acceptors (Lipinski definition) is 5. The van der Waals surface area contributed by atoms with Gasteiger partial charge in [-0.25, -0.2) is 13.2 Å². The van der Waals surface area contributed by atoms with Crippen LogP contribution in [0.5, 0.6) is 0 Å². The van der Waals surface area contributed by atoms with Crippen LogP contribution in [0.25, 0.3) is 0 Å². The molecule has 1 aromatic rings. The van der Waals surface area contributed by atoms with E-state index < -0.39 is 15.8 Å². The lowest BCUT2D eigenvalue weighted by Gasteiger charge is -2.32. The van der Waals surface area contributed by atoms with Crippen LogP contribution < -0.4 is 5.32 Å². The fourth-order valence-corrected chi connectivity index (χ4v) is 2.91. The number of carboxylic acid groups (broad SMARTS) is 1. The molecule has 120 valence electrons. The van der Waals surface area contributed by atoms with Crippen molar-refractivity contribution in [3.63, 3.8) is 0 Å². The van der Waals surface area contributed by atoms with Crippen molar-refractivity contribution in [2.45, 2.75) is 23.8 Å². The summed E-state index contributed by atoms with van der Waals surface area (Å²) in [5.41, 5.74) is -0.0344. The van der Waals surface area contributed by atoms with E-state index in [0.717, 1.165) is 12.3 Å². The number of sulfone groups is 1. The number of hydrogen-bond donors (Lipinski definition) is 2. The molecular weight excluding hydrogens is 310 g/mol. The van der Waals surface area contributed by atoms with Crippen molar-refractivity contribution in [2.75, 3.05) is 18.7 Å². The molecule has 0 spiro atoms. The molecular formula is C14H17NO6S. The molecule has 0 aromatic heterocycles. The minimum absolute atomic E-state index is 0.0627. The van der Waals surface area contributed by atoms with Crippen LogP contribution in [0.3, 0.4) is 0 Å². The van der Waals surface area contributed by atoms with Crippen LogP contribution >= 0.6 is 0 Å². The van der Waals surface area contributed by atoms with Crippen LogP contribution in [0.2, 0.25) is 0 Å². The van der Waals surface area contributed by atoms with E-state index in [9.17, 15) is 18.0 Å². The molecule has 1 fully saturated rings. The molecule has 0 heterocycles. The van der Waals surface area contributed by atoms with Crippen molar-refractivity contribution in [3.8, 4) is 0 Å². The predicted molar refractivity (Wildman–Crippen MR) is 78.7 cm³/mol. The average molecular weight is 327 g/mol. The van der Waals surface area contributed by atoms with Crippen LogP contribution in [-0.4, -0.2) is 44.9 Å². The van der Waals surface area contributed by atoms with Gasteiger partial charge < -0.3 is 15.2 Å². The van der Waals surface area contributed by atoms with E-state index in [1.807, 2.05) is 0 Å². The number of aromatic carboxylic acids is 1. The van der Waals surface area contributed by atoms with E-state index in [4.69, 9.17) is 9.84 Å². The smallest absolute Gasteiger partial charge is 0.335 e. The third kappa shape index (κ3) is 3.63. The normalized spacial score (nSPS) is 21.0. The van der Waals surface area contributed by atoms with Crippen molar-refractivity contribution in [2.24, 2.45) is 5.92 Å². The van der Waals surface area contributed by atoms with Gasteiger partial charge in [0.05, 0.1) is 16.6 Å². The maximum absolute atomic E-state index is 12.0. The molecule has 2 N–H and O–H groups in total.